The molecule has 0 amide bonds. The number of hydrogen-bond donors (Lipinski definition) is 0. The lowest BCUT2D eigenvalue weighted by Crippen LogP contribution is -2.34. The van der Waals surface area contributed by atoms with Gasteiger partial charge in [0.25, 0.3) is 4.80 Å². The Morgan fingerprint density at radius 1 is 1.47 bits per heavy atom. The van der Waals surface area contributed by atoms with Gasteiger partial charge in [-0.25, -0.2) is 13.4 Å². The number of aromatic nitrogens is 1. The minimum Gasteiger partial charge on any atom is -0.436 e. The monoisotopic (exact) mass is 293 g/mol. The predicted molar refractivity (Wildman–Crippen MR) is 59.4 cm³/mol. The maximum atomic E-state index is 11.3. The number of nitrogens with zero attached hydrogens (tertiary/aromatic N) is 1. The van der Waals surface area contributed by atoms with Crippen molar-refractivity contribution in [1.29, 1.82) is 0 Å². The fourth-order valence-electron chi connectivity index (χ4n) is 1.77. The molecule has 2 rings (SSSR count). The van der Waals surface area contributed by atoms with E-state index in [2.05, 4.69) is 20.9 Å². The van der Waals surface area contributed by atoms with Gasteiger partial charge >= 0.3 is 0 Å². The van der Waals surface area contributed by atoms with E-state index in [1.54, 1.807) is 6.20 Å². The van der Waals surface area contributed by atoms with E-state index >= 15 is 0 Å². The Balaban J connectivity index is 2.23. The Kier molecular flexibility index (Phi) is 2.66. The van der Waals surface area contributed by atoms with Crippen LogP contribution in [-0.4, -0.2) is 24.9 Å². The van der Waals surface area contributed by atoms with Gasteiger partial charge in [-0.15, -0.1) is 0 Å². The molecule has 1 aromatic rings. The van der Waals surface area contributed by atoms with E-state index in [0.29, 0.717) is 17.6 Å². The van der Waals surface area contributed by atoms with Crippen molar-refractivity contribution >= 4 is 25.8 Å². The Bertz CT molecular complexity index is 451. The first-order valence-electron chi connectivity index (χ1n) is 4.74. The van der Waals surface area contributed by atoms with E-state index in [-0.39, 0.29) is 16.9 Å². The van der Waals surface area contributed by atoms with E-state index in [9.17, 15) is 8.42 Å². The normalized spacial score (nSPS) is 23.9. The molecule has 0 bridgehead atoms. The van der Waals surface area contributed by atoms with Crippen LogP contribution in [0.3, 0.4) is 0 Å². The summed E-state index contributed by atoms with van der Waals surface area (Å²) >= 11 is 3.15. The van der Waals surface area contributed by atoms with Crippen LogP contribution in [0.15, 0.2) is 15.4 Å². The second-order valence-electron chi connectivity index (χ2n) is 4.19. The van der Waals surface area contributed by atoms with Crippen LogP contribution in [0.4, 0.5) is 0 Å². The van der Waals surface area contributed by atoms with Crippen LogP contribution in [-0.2, 0) is 15.3 Å². The Labute approximate surface area is 97.1 Å². The largest absolute Gasteiger partial charge is 0.436 e. The maximum absolute atomic E-state index is 11.3. The highest BCUT2D eigenvalue weighted by molar-refractivity contribution is 9.10. The Morgan fingerprint density at radius 3 is 2.53 bits per heavy atom. The number of hydrogen-bond acceptors (Lipinski definition) is 4. The van der Waals surface area contributed by atoms with Crippen LogP contribution < -0.4 is 0 Å². The van der Waals surface area contributed by atoms with Crippen LogP contribution in [0.25, 0.3) is 0 Å². The molecule has 0 unspecified atom stereocenters. The zero-order valence-corrected chi connectivity index (χ0v) is 10.8. The van der Waals surface area contributed by atoms with Gasteiger partial charge in [0.2, 0.25) is 0 Å². The molecule has 0 saturated carbocycles. The molecule has 0 aliphatic carbocycles. The highest BCUT2D eigenvalue weighted by atomic mass is 79.9. The van der Waals surface area contributed by atoms with E-state index in [0.717, 1.165) is 5.76 Å². The van der Waals surface area contributed by atoms with Gasteiger partial charge < -0.3 is 4.42 Å². The molecule has 4 nitrogen and oxygen atoms in total. The molecule has 1 aliphatic heterocycles. The first-order valence-corrected chi connectivity index (χ1v) is 7.35. The molecular formula is C9H12BrNO3S. The van der Waals surface area contributed by atoms with Crippen LogP contribution in [0.1, 0.15) is 25.5 Å². The number of rotatable bonds is 1. The van der Waals surface area contributed by atoms with Gasteiger partial charge in [0.05, 0.1) is 17.7 Å². The molecule has 1 fully saturated rings. The summed E-state index contributed by atoms with van der Waals surface area (Å²) in [7, 11) is -2.83. The molecule has 0 aromatic carbocycles. The van der Waals surface area contributed by atoms with Gasteiger partial charge in [0.15, 0.2) is 0 Å². The lowest BCUT2D eigenvalue weighted by Gasteiger charge is -2.30. The summed E-state index contributed by atoms with van der Waals surface area (Å²) in [5, 5.41) is 0. The molecule has 1 saturated heterocycles. The first kappa shape index (κ1) is 11.1. The van der Waals surface area contributed by atoms with Crippen molar-refractivity contribution in [2.75, 3.05) is 11.5 Å². The predicted octanol–water partition coefficient (Wildman–Crippen LogP) is 1.90. The lowest BCUT2D eigenvalue weighted by atomic mass is 9.82. The van der Waals surface area contributed by atoms with Crippen molar-refractivity contribution in [2.45, 2.75) is 25.2 Å². The quantitative estimate of drug-likeness (QED) is 0.793. The van der Waals surface area contributed by atoms with Gasteiger partial charge in [0, 0.05) is 21.3 Å². The molecule has 0 N–H and O–H groups in total. The van der Waals surface area contributed by atoms with Crippen molar-refractivity contribution in [3.8, 4) is 0 Å². The second kappa shape index (κ2) is 3.59. The van der Waals surface area contributed by atoms with Crippen molar-refractivity contribution in [2.24, 2.45) is 0 Å². The van der Waals surface area contributed by atoms with Gasteiger partial charge in [0.1, 0.15) is 15.6 Å². The van der Waals surface area contributed by atoms with E-state index < -0.39 is 9.84 Å². The molecule has 1 aliphatic rings. The van der Waals surface area contributed by atoms with Gasteiger partial charge in [-0.3, -0.25) is 0 Å². The van der Waals surface area contributed by atoms with Crippen LogP contribution in [0.5, 0.6) is 0 Å². The minimum absolute atomic E-state index is 0.190. The van der Waals surface area contributed by atoms with E-state index in [4.69, 9.17) is 4.42 Å². The van der Waals surface area contributed by atoms with Crippen LogP contribution >= 0.6 is 15.9 Å². The SMILES string of the molecule is CC1(c2cnc(Br)o2)CCS(=O)(=O)CC1. The topological polar surface area (TPSA) is 60.2 Å². The third-order valence-electron chi connectivity index (χ3n) is 3.00. The van der Waals surface area contributed by atoms with Crippen molar-refractivity contribution in [1.82, 2.24) is 4.98 Å². The van der Waals surface area contributed by atoms with Gasteiger partial charge in [-0.1, -0.05) is 6.92 Å². The number of oxazole rings is 1. The summed E-state index contributed by atoms with van der Waals surface area (Å²) < 4.78 is 28.0. The fourth-order valence-corrected chi connectivity index (χ4v) is 3.77. The molecule has 84 valence electrons. The van der Waals surface area contributed by atoms with E-state index in [1.807, 2.05) is 6.92 Å². The summed E-state index contributed by atoms with van der Waals surface area (Å²) in [6.07, 6.45) is 2.88. The van der Waals surface area contributed by atoms with Gasteiger partial charge in [-0.05, 0) is 12.8 Å². The average Bonchev–Trinajstić information content (AvgIpc) is 2.59. The lowest BCUT2D eigenvalue weighted by molar-refractivity contribution is 0.324. The highest BCUT2D eigenvalue weighted by Crippen LogP contribution is 2.36. The van der Waals surface area contributed by atoms with Crippen LogP contribution in [0, 0.1) is 0 Å². The summed E-state index contributed by atoms with van der Waals surface area (Å²) in [6.45, 7) is 2.02. The summed E-state index contributed by atoms with van der Waals surface area (Å²) in [5.74, 6) is 1.24. The molecule has 6 heteroatoms. The molecule has 2 heterocycles. The average molecular weight is 294 g/mol. The summed E-state index contributed by atoms with van der Waals surface area (Å²) in [6, 6.07) is 0. The Hall–Kier alpha value is -0.360. The smallest absolute Gasteiger partial charge is 0.264 e. The summed E-state index contributed by atoms with van der Waals surface area (Å²) in [5.41, 5.74) is -0.190. The summed E-state index contributed by atoms with van der Waals surface area (Å²) in [4.78, 5) is 4.42. The highest BCUT2D eigenvalue weighted by Gasteiger charge is 2.37. The third-order valence-corrected chi connectivity index (χ3v) is 5.02. The minimum atomic E-state index is -2.83. The molecular weight excluding hydrogens is 282 g/mol. The number of halogens is 1. The third kappa shape index (κ3) is 2.25. The molecule has 0 atom stereocenters. The molecule has 0 spiro atoms. The molecule has 0 radical (unpaired) electrons. The zero-order valence-electron chi connectivity index (χ0n) is 8.36. The fraction of sp³-hybridized carbons (Fsp3) is 0.667. The maximum Gasteiger partial charge on any atom is 0.264 e. The second-order valence-corrected chi connectivity index (χ2v) is 7.17. The zero-order chi connectivity index (χ0) is 11.1. The van der Waals surface area contributed by atoms with Crippen LogP contribution in [0.2, 0.25) is 0 Å². The number of sulfone groups is 1. The van der Waals surface area contributed by atoms with Crippen molar-refractivity contribution in [3.63, 3.8) is 0 Å². The standard InChI is InChI=1S/C9H12BrNO3S/c1-9(7-6-11-8(10)14-7)2-4-15(12,13)5-3-9/h6H,2-5H2,1H3. The first-order chi connectivity index (χ1) is 6.91. The molecule has 1 aromatic heterocycles. The Morgan fingerprint density at radius 2 is 2.07 bits per heavy atom. The van der Waals surface area contributed by atoms with Crippen molar-refractivity contribution in [3.05, 3.63) is 16.8 Å². The van der Waals surface area contributed by atoms with Gasteiger partial charge in [-0.2, -0.15) is 0 Å². The molecule has 15 heavy (non-hydrogen) atoms. The van der Waals surface area contributed by atoms with E-state index in [1.165, 1.54) is 0 Å². The van der Waals surface area contributed by atoms with Crippen molar-refractivity contribution < 1.29 is 12.8 Å².